The van der Waals surface area contributed by atoms with Crippen molar-refractivity contribution < 1.29 is 22.7 Å². The molecule has 1 N–H and O–H groups in total. The van der Waals surface area contributed by atoms with Gasteiger partial charge in [0.25, 0.3) is 15.9 Å². The molecule has 3 aromatic rings. The van der Waals surface area contributed by atoms with Crippen molar-refractivity contribution in [3.05, 3.63) is 82.9 Å². The van der Waals surface area contributed by atoms with E-state index in [1.807, 2.05) is 6.92 Å². The van der Waals surface area contributed by atoms with Gasteiger partial charge in [-0.15, -0.1) is 0 Å². The molecule has 0 saturated heterocycles. The van der Waals surface area contributed by atoms with Gasteiger partial charge in [-0.25, -0.2) is 13.8 Å². The van der Waals surface area contributed by atoms with E-state index in [0.29, 0.717) is 27.8 Å². The summed E-state index contributed by atoms with van der Waals surface area (Å²) >= 11 is 6.10. The van der Waals surface area contributed by atoms with Crippen molar-refractivity contribution in [1.29, 1.82) is 0 Å². The van der Waals surface area contributed by atoms with Gasteiger partial charge in [-0.05, 0) is 62.4 Å². The molecule has 0 fully saturated rings. The Labute approximate surface area is 210 Å². The Balaban J connectivity index is 1.86. The summed E-state index contributed by atoms with van der Waals surface area (Å²) in [5, 5.41) is 4.47. The van der Waals surface area contributed by atoms with Crippen molar-refractivity contribution in [3.8, 4) is 11.5 Å². The van der Waals surface area contributed by atoms with Crippen LogP contribution < -0.4 is 19.2 Å². The lowest BCUT2D eigenvalue weighted by molar-refractivity contribution is -0.119. The molecule has 0 radical (unpaired) electrons. The molecule has 0 aromatic heterocycles. The maximum absolute atomic E-state index is 13.4. The van der Waals surface area contributed by atoms with Crippen molar-refractivity contribution in [2.45, 2.75) is 18.7 Å². The molecule has 0 aliphatic rings. The van der Waals surface area contributed by atoms with E-state index in [-0.39, 0.29) is 10.6 Å². The molecule has 8 nitrogen and oxygen atoms in total. The van der Waals surface area contributed by atoms with Crippen LogP contribution in [0.5, 0.6) is 11.5 Å². The predicted octanol–water partition coefficient (Wildman–Crippen LogP) is 4.40. The quantitative estimate of drug-likeness (QED) is 0.336. The first-order valence-electron chi connectivity index (χ1n) is 10.6. The lowest BCUT2D eigenvalue weighted by Crippen LogP contribution is -2.39. The largest absolute Gasteiger partial charge is 0.493 e. The zero-order valence-corrected chi connectivity index (χ0v) is 21.4. The van der Waals surface area contributed by atoms with Crippen molar-refractivity contribution >= 4 is 38.9 Å². The van der Waals surface area contributed by atoms with Crippen LogP contribution in [0.1, 0.15) is 18.1 Å². The number of nitrogens with zero attached hydrogens (tertiary/aromatic N) is 2. The third-order valence-corrected chi connectivity index (χ3v) is 7.17. The number of methoxy groups -OCH3 is 2. The van der Waals surface area contributed by atoms with Gasteiger partial charge in [0.1, 0.15) is 6.54 Å². The average Bonchev–Trinajstić information content (AvgIpc) is 2.85. The second kappa shape index (κ2) is 11.2. The molecule has 3 aromatic carbocycles. The number of amides is 1. The van der Waals surface area contributed by atoms with Gasteiger partial charge in [0.15, 0.2) is 11.5 Å². The highest BCUT2D eigenvalue weighted by molar-refractivity contribution is 7.92. The molecule has 0 unspecified atom stereocenters. The zero-order chi connectivity index (χ0) is 25.6. The number of halogens is 1. The minimum atomic E-state index is -4.06. The monoisotopic (exact) mass is 515 g/mol. The van der Waals surface area contributed by atoms with Crippen LogP contribution in [0.4, 0.5) is 5.69 Å². The minimum Gasteiger partial charge on any atom is -0.493 e. The van der Waals surface area contributed by atoms with Crippen molar-refractivity contribution in [3.63, 3.8) is 0 Å². The second-order valence-electron chi connectivity index (χ2n) is 7.61. The summed E-state index contributed by atoms with van der Waals surface area (Å²) in [5.41, 5.74) is 4.80. The molecule has 35 heavy (non-hydrogen) atoms. The number of aryl methyl sites for hydroxylation is 1. The molecule has 3 rings (SSSR count). The van der Waals surface area contributed by atoms with Crippen LogP contribution in [-0.4, -0.2) is 40.8 Å². The van der Waals surface area contributed by atoms with Crippen LogP contribution in [0.15, 0.2) is 76.7 Å². The van der Waals surface area contributed by atoms with Crippen molar-refractivity contribution in [2.75, 3.05) is 25.1 Å². The van der Waals surface area contributed by atoms with E-state index in [0.717, 1.165) is 9.87 Å². The molecule has 1 amide bonds. The van der Waals surface area contributed by atoms with Crippen molar-refractivity contribution in [2.24, 2.45) is 5.10 Å². The smallest absolute Gasteiger partial charge is 0.264 e. The van der Waals surface area contributed by atoms with Gasteiger partial charge >= 0.3 is 0 Å². The molecule has 0 saturated carbocycles. The Morgan fingerprint density at radius 1 is 1.00 bits per heavy atom. The molecule has 0 aliphatic carbocycles. The van der Waals surface area contributed by atoms with Crippen LogP contribution in [0.3, 0.4) is 0 Å². The normalized spacial score (nSPS) is 11.6. The number of nitrogens with one attached hydrogen (secondary N) is 1. The van der Waals surface area contributed by atoms with Gasteiger partial charge in [-0.3, -0.25) is 9.10 Å². The van der Waals surface area contributed by atoms with Gasteiger partial charge in [0, 0.05) is 10.6 Å². The summed E-state index contributed by atoms with van der Waals surface area (Å²) in [5.74, 6) is 0.453. The Morgan fingerprint density at radius 3 is 2.31 bits per heavy atom. The highest BCUT2D eigenvalue weighted by Crippen LogP contribution is 2.28. The molecule has 0 atom stereocenters. The van der Waals surface area contributed by atoms with E-state index >= 15 is 0 Å². The van der Waals surface area contributed by atoms with E-state index in [2.05, 4.69) is 10.5 Å². The Bertz CT molecular complexity index is 1340. The maximum atomic E-state index is 13.4. The summed E-state index contributed by atoms with van der Waals surface area (Å²) in [4.78, 5) is 12.9. The number of rotatable bonds is 9. The van der Waals surface area contributed by atoms with Gasteiger partial charge in [0.2, 0.25) is 0 Å². The Kier molecular flexibility index (Phi) is 8.37. The van der Waals surface area contributed by atoms with Gasteiger partial charge in [-0.1, -0.05) is 35.4 Å². The van der Waals surface area contributed by atoms with E-state index in [4.69, 9.17) is 21.1 Å². The standard InChI is InChI=1S/C25H26ClN3O5S/c1-17-8-11-22(12-9-17)35(31,32)29(21-7-5-6-20(26)15-21)16-25(30)28-27-18(2)19-10-13-23(33-3)24(14-19)34-4/h5-15H,16H2,1-4H3,(H,28,30)/b27-18+. The second-order valence-corrected chi connectivity index (χ2v) is 9.91. The third-order valence-electron chi connectivity index (χ3n) is 5.14. The fraction of sp³-hybridized carbons (Fsp3) is 0.200. The summed E-state index contributed by atoms with van der Waals surface area (Å²) in [7, 11) is -0.996. The predicted molar refractivity (Wildman–Crippen MR) is 137 cm³/mol. The highest BCUT2D eigenvalue weighted by Gasteiger charge is 2.27. The molecule has 0 aliphatic heterocycles. The molecule has 0 heterocycles. The van der Waals surface area contributed by atoms with Crippen LogP contribution in [0, 0.1) is 6.92 Å². The number of hydrazone groups is 1. The maximum Gasteiger partial charge on any atom is 0.264 e. The van der Waals surface area contributed by atoms with Crippen molar-refractivity contribution in [1.82, 2.24) is 5.43 Å². The van der Waals surface area contributed by atoms with E-state index in [1.54, 1.807) is 55.5 Å². The van der Waals surface area contributed by atoms with E-state index < -0.39 is 22.5 Å². The average molecular weight is 516 g/mol. The van der Waals surface area contributed by atoms with Crippen LogP contribution >= 0.6 is 11.6 Å². The molecular weight excluding hydrogens is 490 g/mol. The first-order valence-corrected chi connectivity index (χ1v) is 12.4. The fourth-order valence-electron chi connectivity index (χ4n) is 3.22. The van der Waals surface area contributed by atoms with E-state index in [1.165, 1.54) is 32.4 Å². The molecule has 0 bridgehead atoms. The summed E-state index contributed by atoms with van der Waals surface area (Å²) in [6.07, 6.45) is 0. The van der Waals surface area contributed by atoms with Gasteiger partial charge < -0.3 is 9.47 Å². The molecular formula is C25H26ClN3O5S. The summed E-state index contributed by atoms with van der Waals surface area (Å²) < 4.78 is 38.4. The molecule has 184 valence electrons. The summed E-state index contributed by atoms with van der Waals surface area (Å²) in [6, 6.07) is 17.9. The highest BCUT2D eigenvalue weighted by atomic mass is 35.5. The van der Waals surface area contributed by atoms with Crippen LogP contribution in [0.25, 0.3) is 0 Å². The Hall–Kier alpha value is -3.56. The number of ether oxygens (including phenoxy) is 2. The number of benzene rings is 3. The first kappa shape index (κ1) is 26.1. The topological polar surface area (TPSA) is 97.3 Å². The lowest BCUT2D eigenvalue weighted by atomic mass is 10.1. The number of carbonyl (C=O) groups is 1. The number of anilines is 1. The first-order chi connectivity index (χ1) is 16.6. The van der Waals surface area contributed by atoms with Gasteiger partial charge in [-0.2, -0.15) is 5.10 Å². The molecule has 0 spiro atoms. The van der Waals surface area contributed by atoms with Crippen LogP contribution in [0.2, 0.25) is 5.02 Å². The molecule has 10 heteroatoms. The SMILES string of the molecule is COc1ccc(/C(C)=N/NC(=O)CN(c2cccc(Cl)c2)S(=O)(=O)c2ccc(C)cc2)cc1OC. The fourth-order valence-corrected chi connectivity index (χ4v) is 4.82. The number of carbonyl (C=O) groups excluding carboxylic acids is 1. The van der Waals surface area contributed by atoms with Gasteiger partial charge in [0.05, 0.1) is 30.5 Å². The lowest BCUT2D eigenvalue weighted by Gasteiger charge is -2.24. The summed E-state index contributed by atoms with van der Waals surface area (Å²) in [6.45, 7) is 3.07. The zero-order valence-electron chi connectivity index (χ0n) is 19.8. The Morgan fingerprint density at radius 2 is 1.69 bits per heavy atom. The van der Waals surface area contributed by atoms with E-state index in [9.17, 15) is 13.2 Å². The number of hydrogen-bond acceptors (Lipinski definition) is 6. The number of hydrogen-bond donors (Lipinski definition) is 1. The third kappa shape index (κ3) is 6.32. The minimum absolute atomic E-state index is 0.0564. The van der Waals surface area contributed by atoms with Crippen LogP contribution in [-0.2, 0) is 14.8 Å². The number of sulfonamides is 1.